The third-order valence-corrected chi connectivity index (χ3v) is 4.03. The summed E-state index contributed by atoms with van der Waals surface area (Å²) >= 11 is 0. The molecular weight excluding hydrogens is 268 g/mol. The Kier molecular flexibility index (Phi) is 5.07. The van der Waals surface area contributed by atoms with E-state index in [1.807, 2.05) is 0 Å². The summed E-state index contributed by atoms with van der Waals surface area (Å²) in [5.41, 5.74) is 6.65. The van der Waals surface area contributed by atoms with Crippen LogP contribution in [0.3, 0.4) is 0 Å². The summed E-state index contributed by atoms with van der Waals surface area (Å²) in [4.78, 5) is 12.2. The molecule has 0 aromatic heterocycles. The van der Waals surface area contributed by atoms with Crippen LogP contribution < -0.4 is 20.5 Å². The van der Waals surface area contributed by atoms with Crippen LogP contribution in [0, 0.1) is 0 Å². The summed E-state index contributed by atoms with van der Waals surface area (Å²) in [7, 11) is 3.15. The lowest BCUT2D eigenvalue weighted by Gasteiger charge is -2.32. The van der Waals surface area contributed by atoms with Gasteiger partial charge in [0.05, 0.1) is 14.2 Å². The van der Waals surface area contributed by atoms with E-state index in [9.17, 15) is 4.79 Å². The van der Waals surface area contributed by atoms with Crippen molar-refractivity contribution in [2.45, 2.75) is 44.1 Å². The quantitative estimate of drug-likeness (QED) is 0.875. The number of ether oxygens (including phenoxy) is 2. The van der Waals surface area contributed by atoms with Gasteiger partial charge >= 0.3 is 0 Å². The van der Waals surface area contributed by atoms with Crippen molar-refractivity contribution in [3.05, 3.63) is 18.2 Å². The van der Waals surface area contributed by atoms with E-state index in [1.165, 1.54) is 6.42 Å². The highest BCUT2D eigenvalue weighted by atomic mass is 16.5. The number of anilines is 1. The molecule has 116 valence electrons. The van der Waals surface area contributed by atoms with Gasteiger partial charge in [0.2, 0.25) is 5.91 Å². The van der Waals surface area contributed by atoms with Gasteiger partial charge in [-0.15, -0.1) is 0 Å². The maximum absolute atomic E-state index is 12.2. The molecule has 1 aliphatic rings. The Morgan fingerprint density at radius 3 is 2.48 bits per heavy atom. The van der Waals surface area contributed by atoms with Gasteiger partial charge in [-0.1, -0.05) is 19.3 Å². The van der Waals surface area contributed by atoms with Crippen LogP contribution in [0.25, 0.3) is 0 Å². The van der Waals surface area contributed by atoms with E-state index in [0.29, 0.717) is 23.6 Å². The minimum absolute atomic E-state index is 0.0494. The van der Waals surface area contributed by atoms with E-state index in [1.54, 1.807) is 32.4 Å². The molecule has 0 atom stereocenters. The van der Waals surface area contributed by atoms with Gasteiger partial charge in [-0.3, -0.25) is 4.79 Å². The van der Waals surface area contributed by atoms with Crippen LogP contribution >= 0.6 is 0 Å². The molecule has 0 saturated heterocycles. The van der Waals surface area contributed by atoms with Crippen molar-refractivity contribution in [1.82, 2.24) is 0 Å². The summed E-state index contributed by atoms with van der Waals surface area (Å²) in [6.07, 6.45) is 5.65. The predicted molar refractivity (Wildman–Crippen MR) is 82.8 cm³/mol. The molecule has 0 radical (unpaired) electrons. The topological polar surface area (TPSA) is 73.6 Å². The number of rotatable bonds is 5. The fourth-order valence-electron chi connectivity index (χ4n) is 2.87. The van der Waals surface area contributed by atoms with E-state index in [-0.39, 0.29) is 11.4 Å². The second kappa shape index (κ2) is 6.80. The fourth-order valence-corrected chi connectivity index (χ4v) is 2.87. The zero-order valence-corrected chi connectivity index (χ0v) is 12.8. The number of hydrogen-bond donors (Lipinski definition) is 2. The normalized spacial score (nSPS) is 17.1. The lowest BCUT2D eigenvalue weighted by molar-refractivity contribution is -0.117. The molecular formula is C16H24N2O3. The molecule has 3 N–H and O–H groups in total. The van der Waals surface area contributed by atoms with Gasteiger partial charge in [0, 0.05) is 23.7 Å². The van der Waals surface area contributed by atoms with Gasteiger partial charge in [0.1, 0.15) is 0 Å². The Hall–Kier alpha value is -1.75. The molecule has 1 saturated carbocycles. The first-order valence-electron chi connectivity index (χ1n) is 7.37. The molecule has 1 aliphatic carbocycles. The van der Waals surface area contributed by atoms with E-state index >= 15 is 0 Å². The number of hydrogen-bond acceptors (Lipinski definition) is 4. The van der Waals surface area contributed by atoms with Crippen molar-refractivity contribution in [3.8, 4) is 11.5 Å². The highest BCUT2D eigenvalue weighted by Crippen LogP contribution is 2.31. The summed E-state index contributed by atoms with van der Waals surface area (Å²) in [5.74, 6) is 1.18. The molecule has 0 heterocycles. The van der Waals surface area contributed by atoms with Crippen molar-refractivity contribution in [2.24, 2.45) is 5.73 Å². The summed E-state index contributed by atoms with van der Waals surface area (Å²) in [6.45, 7) is 0. The second-order valence-corrected chi connectivity index (χ2v) is 5.72. The molecule has 1 aromatic rings. The molecule has 2 rings (SSSR count). The van der Waals surface area contributed by atoms with Gasteiger partial charge in [-0.05, 0) is 25.0 Å². The van der Waals surface area contributed by atoms with Crippen LogP contribution in [0.1, 0.15) is 38.5 Å². The number of methoxy groups -OCH3 is 2. The first-order chi connectivity index (χ1) is 10.1. The second-order valence-electron chi connectivity index (χ2n) is 5.72. The Labute approximate surface area is 125 Å². The van der Waals surface area contributed by atoms with E-state index < -0.39 is 0 Å². The van der Waals surface area contributed by atoms with Crippen molar-refractivity contribution in [2.75, 3.05) is 19.5 Å². The molecule has 0 unspecified atom stereocenters. The Morgan fingerprint density at radius 2 is 1.86 bits per heavy atom. The largest absolute Gasteiger partial charge is 0.493 e. The Balaban J connectivity index is 1.99. The standard InChI is InChI=1S/C16H24N2O3/c1-20-13-7-6-12(10-14(13)21-2)18-15(19)11-16(17)8-4-3-5-9-16/h6-7,10H,3-5,8-9,11,17H2,1-2H3,(H,18,19). The Bertz CT molecular complexity index is 496. The van der Waals surface area contributed by atoms with E-state index in [0.717, 1.165) is 25.7 Å². The van der Waals surface area contributed by atoms with Gasteiger partial charge in [0.25, 0.3) is 0 Å². The molecule has 1 aromatic carbocycles. The monoisotopic (exact) mass is 292 g/mol. The smallest absolute Gasteiger partial charge is 0.226 e. The van der Waals surface area contributed by atoms with Crippen LogP contribution in [0.5, 0.6) is 11.5 Å². The SMILES string of the molecule is COc1ccc(NC(=O)CC2(N)CCCCC2)cc1OC. The Morgan fingerprint density at radius 1 is 1.19 bits per heavy atom. The molecule has 5 nitrogen and oxygen atoms in total. The zero-order chi connectivity index (χ0) is 15.3. The number of amides is 1. The van der Waals surface area contributed by atoms with Crippen molar-refractivity contribution >= 4 is 11.6 Å². The van der Waals surface area contributed by atoms with Crippen LogP contribution in [0.15, 0.2) is 18.2 Å². The lowest BCUT2D eigenvalue weighted by Crippen LogP contribution is -2.44. The number of carbonyl (C=O) groups is 1. The minimum Gasteiger partial charge on any atom is -0.493 e. The average molecular weight is 292 g/mol. The van der Waals surface area contributed by atoms with Crippen molar-refractivity contribution < 1.29 is 14.3 Å². The first kappa shape index (κ1) is 15.6. The lowest BCUT2D eigenvalue weighted by atomic mass is 9.80. The van der Waals surface area contributed by atoms with Crippen LogP contribution in [-0.4, -0.2) is 25.7 Å². The molecule has 1 fully saturated rings. The van der Waals surface area contributed by atoms with E-state index in [2.05, 4.69) is 5.32 Å². The molecule has 0 aliphatic heterocycles. The third-order valence-electron chi connectivity index (χ3n) is 4.03. The van der Waals surface area contributed by atoms with Gasteiger partial charge in [-0.2, -0.15) is 0 Å². The zero-order valence-electron chi connectivity index (χ0n) is 12.8. The van der Waals surface area contributed by atoms with Crippen LogP contribution in [0.4, 0.5) is 5.69 Å². The van der Waals surface area contributed by atoms with Crippen molar-refractivity contribution in [1.29, 1.82) is 0 Å². The highest BCUT2D eigenvalue weighted by molar-refractivity contribution is 5.91. The van der Waals surface area contributed by atoms with Gasteiger partial charge < -0.3 is 20.5 Å². The molecule has 21 heavy (non-hydrogen) atoms. The number of carbonyl (C=O) groups excluding carboxylic acids is 1. The summed E-state index contributed by atoms with van der Waals surface area (Å²) < 4.78 is 10.4. The number of benzene rings is 1. The summed E-state index contributed by atoms with van der Waals surface area (Å²) in [6, 6.07) is 5.32. The summed E-state index contributed by atoms with van der Waals surface area (Å²) in [5, 5.41) is 2.89. The maximum atomic E-state index is 12.2. The predicted octanol–water partition coefficient (Wildman–Crippen LogP) is 2.69. The first-order valence-corrected chi connectivity index (χ1v) is 7.37. The molecule has 0 spiro atoms. The number of nitrogens with two attached hydrogens (primary N) is 1. The van der Waals surface area contributed by atoms with Crippen LogP contribution in [-0.2, 0) is 4.79 Å². The minimum atomic E-state index is -0.348. The number of nitrogens with one attached hydrogen (secondary N) is 1. The maximum Gasteiger partial charge on any atom is 0.226 e. The fraction of sp³-hybridized carbons (Fsp3) is 0.562. The highest BCUT2D eigenvalue weighted by Gasteiger charge is 2.30. The van der Waals surface area contributed by atoms with Crippen LogP contribution in [0.2, 0.25) is 0 Å². The molecule has 0 bridgehead atoms. The van der Waals surface area contributed by atoms with Gasteiger partial charge in [0.15, 0.2) is 11.5 Å². The average Bonchev–Trinajstić information content (AvgIpc) is 2.47. The van der Waals surface area contributed by atoms with E-state index in [4.69, 9.17) is 15.2 Å². The van der Waals surface area contributed by atoms with Gasteiger partial charge in [-0.25, -0.2) is 0 Å². The third kappa shape index (κ3) is 4.11. The molecule has 1 amide bonds. The van der Waals surface area contributed by atoms with Crippen molar-refractivity contribution in [3.63, 3.8) is 0 Å². The molecule has 5 heteroatoms.